The Balaban J connectivity index is 2.28. The van der Waals surface area contributed by atoms with Crippen LogP contribution in [0, 0.1) is 6.92 Å². The highest BCUT2D eigenvalue weighted by Crippen LogP contribution is 2.32. The summed E-state index contributed by atoms with van der Waals surface area (Å²) in [6.45, 7) is 1.74. The van der Waals surface area contributed by atoms with Gasteiger partial charge in [0.05, 0.1) is 19.3 Å². The second-order valence-electron chi connectivity index (χ2n) is 4.28. The van der Waals surface area contributed by atoms with Crippen molar-refractivity contribution in [1.29, 1.82) is 0 Å². The van der Waals surface area contributed by atoms with Crippen molar-refractivity contribution in [2.75, 3.05) is 12.8 Å². The van der Waals surface area contributed by atoms with Gasteiger partial charge in [0.2, 0.25) is 10.0 Å². The Kier molecular flexibility index (Phi) is 4.55. The summed E-state index contributed by atoms with van der Waals surface area (Å²) in [7, 11) is -2.41. The molecule has 2 aromatic rings. The van der Waals surface area contributed by atoms with Crippen LogP contribution in [-0.4, -0.2) is 20.7 Å². The first-order chi connectivity index (χ1) is 9.83. The number of nitrogen functional groups attached to an aromatic ring is 1. The Morgan fingerprint density at radius 2 is 2.14 bits per heavy atom. The first-order valence-corrected chi connectivity index (χ1v) is 8.16. The highest BCUT2D eigenvalue weighted by atomic mass is 79.9. The molecule has 0 radical (unpaired) electrons. The molecule has 1 heterocycles. The van der Waals surface area contributed by atoms with Crippen LogP contribution in [0.4, 0.5) is 5.69 Å². The van der Waals surface area contributed by atoms with E-state index in [1.165, 1.54) is 19.2 Å². The molecule has 0 aliphatic carbocycles. The predicted octanol–water partition coefficient (Wildman–Crippen LogP) is 1.81. The lowest BCUT2D eigenvalue weighted by Gasteiger charge is -2.11. The summed E-state index contributed by atoms with van der Waals surface area (Å²) in [5.41, 5.74) is 6.70. The quantitative estimate of drug-likeness (QED) is 0.771. The van der Waals surface area contributed by atoms with E-state index in [4.69, 9.17) is 15.0 Å². The fraction of sp³-hybridized carbons (Fsp3) is 0.250. The normalized spacial score (nSPS) is 11.6. The van der Waals surface area contributed by atoms with Gasteiger partial charge in [-0.2, -0.15) is 0 Å². The van der Waals surface area contributed by atoms with Crippen molar-refractivity contribution >= 4 is 31.6 Å². The van der Waals surface area contributed by atoms with Crippen LogP contribution in [0.2, 0.25) is 0 Å². The summed E-state index contributed by atoms with van der Waals surface area (Å²) in [6, 6.07) is 4.48. The van der Waals surface area contributed by atoms with Gasteiger partial charge in [0.1, 0.15) is 10.6 Å². The van der Waals surface area contributed by atoms with Crippen LogP contribution in [0.25, 0.3) is 0 Å². The summed E-state index contributed by atoms with van der Waals surface area (Å²) >= 11 is 3.22. The maximum Gasteiger partial charge on any atom is 0.244 e. The van der Waals surface area contributed by atoms with E-state index in [1.54, 1.807) is 13.0 Å². The van der Waals surface area contributed by atoms with Crippen molar-refractivity contribution in [1.82, 2.24) is 9.88 Å². The zero-order chi connectivity index (χ0) is 15.6. The summed E-state index contributed by atoms with van der Waals surface area (Å²) in [5, 5.41) is 3.69. The smallest absolute Gasteiger partial charge is 0.244 e. The Bertz CT molecular complexity index is 758. The highest BCUT2D eigenvalue weighted by Gasteiger charge is 2.21. The highest BCUT2D eigenvalue weighted by molar-refractivity contribution is 9.10. The van der Waals surface area contributed by atoms with Crippen LogP contribution in [0.15, 0.2) is 32.1 Å². The number of rotatable bonds is 5. The van der Waals surface area contributed by atoms with Crippen LogP contribution >= 0.6 is 15.9 Å². The molecule has 0 aliphatic rings. The average Bonchev–Trinajstić information content (AvgIpc) is 2.85. The first-order valence-electron chi connectivity index (χ1n) is 5.88. The molecule has 0 amide bonds. The number of nitrogens with two attached hydrogens (primary N) is 1. The van der Waals surface area contributed by atoms with E-state index < -0.39 is 10.0 Å². The predicted molar refractivity (Wildman–Crippen MR) is 80.4 cm³/mol. The number of anilines is 1. The van der Waals surface area contributed by atoms with Crippen molar-refractivity contribution in [2.45, 2.75) is 18.4 Å². The number of nitrogens with one attached hydrogen (secondary N) is 1. The molecule has 0 saturated heterocycles. The second kappa shape index (κ2) is 6.04. The van der Waals surface area contributed by atoms with Gasteiger partial charge in [-0.1, -0.05) is 5.16 Å². The van der Waals surface area contributed by atoms with E-state index in [9.17, 15) is 8.42 Å². The van der Waals surface area contributed by atoms with Gasteiger partial charge in [0, 0.05) is 16.2 Å². The third-order valence-electron chi connectivity index (χ3n) is 2.69. The van der Waals surface area contributed by atoms with Gasteiger partial charge in [-0.25, -0.2) is 13.1 Å². The molecule has 7 nitrogen and oxygen atoms in total. The Morgan fingerprint density at radius 1 is 1.43 bits per heavy atom. The molecule has 1 aromatic carbocycles. The topological polar surface area (TPSA) is 107 Å². The zero-order valence-corrected chi connectivity index (χ0v) is 13.8. The molecule has 0 unspecified atom stereocenters. The minimum Gasteiger partial charge on any atom is -0.495 e. The molecule has 0 bridgehead atoms. The van der Waals surface area contributed by atoms with Crippen molar-refractivity contribution in [2.24, 2.45) is 0 Å². The van der Waals surface area contributed by atoms with Gasteiger partial charge in [-0.05, 0) is 35.0 Å². The van der Waals surface area contributed by atoms with Gasteiger partial charge in [0.15, 0.2) is 5.76 Å². The molecule has 0 aliphatic heterocycles. The molecule has 0 atom stereocenters. The number of hydrogen-bond acceptors (Lipinski definition) is 6. The first kappa shape index (κ1) is 15.8. The minimum atomic E-state index is -3.79. The summed E-state index contributed by atoms with van der Waals surface area (Å²) < 4.78 is 37.7. The van der Waals surface area contributed by atoms with Crippen LogP contribution in [-0.2, 0) is 16.6 Å². The molecule has 3 N–H and O–H groups in total. The molecule has 2 rings (SSSR count). The molecule has 114 valence electrons. The number of benzene rings is 1. The van der Waals surface area contributed by atoms with E-state index in [1.807, 2.05) is 0 Å². The SMILES string of the molecule is COc1cc(Br)c(N)cc1S(=O)(=O)NCc1cc(C)no1. The molecular weight excluding hydrogens is 362 g/mol. The number of aryl methyl sites for hydroxylation is 1. The zero-order valence-electron chi connectivity index (χ0n) is 11.4. The van der Waals surface area contributed by atoms with Gasteiger partial charge in [-0.3, -0.25) is 0 Å². The van der Waals surface area contributed by atoms with E-state index in [0.717, 1.165) is 0 Å². The number of ether oxygens (including phenoxy) is 1. The van der Waals surface area contributed by atoms with Crippen molar-refractivity contribution in [3.8, 4) is 5.75 Å². The minimum absolute atomic E-state index is 0.0116. The summed E-state index contributed by atoms with van der Waals surface area (Å²) in [4.78, 5) is -0.0399. The maximum atomic E-state index is 12.3. The Hall–Kier alpha value is -1.58. The number of aromatic nitrogens is 1. The Morgan fingerprint density at radius 3 is 2.71 bits per heavy atom. The van der Waals surface area contributed by atoms with Crippen molar-refractivity contribution in [3.05, 3.63) is 34.1 Å². The van der Waals surface area contributed by atoms with E-state index in [-0.39, 0.29) is 17.2 Å². The Labute approximate surface area is 130 Å². The fourth-order valence-corrected chi connectivity index (χ4v) is 3.16. The molecule has 1 aromatic heterocycles. The summed E-state index contributed by atoms with van der Waals surface area (Å²) in [5.74, 6) is 0.609. The molecule has 21 heavy (non-hydrogen) atoms. The molecule has 9 heteroatoms. The number of sulfonamides is 1. The third-order valence-corrected chi connectivity index (χ3v) is 4.79. The van der Waals surface area contributed by atoms with Gasteiger partial charge in [-0.15, -0.1) is 0 Å². The summed E-state index contributed by atoms with van der Waals surface area (Å²) in [6.07, 6.45) is 0. The van der Waals surface area contributed by atoms with Crippen LogP contribution in [0.5, 0.6) is 5.75 Å². The van der Waals surface area contributed by atoms with Crippen LogP contribution < -0.4 is 15.2 Å². The van der Waals surface area contributed by atoms with E-state index in [2.05, 4.69) is 25.8 Å². The number of methoxy groups -OCH3 is 1. The second-order valence-corrected chi connectivity index (χ2v) is 6.87. The van der Waals surface area contributed by atoms with Gasteiger partial charge >= 0.3 is 0 Å². The van der Waals surface area contributed by atoms with E-state index in [0.29, 0.717) is 21.6 Å². The number of hydrogen-bond donors (Lipinski definition) is 2. The molecule has 0 spiro atoms. The lowest BCUT2D eigenvalue weighted by Crippen LogP contribution is -2.23. The fourth-order valence-electron chi connectivity index (χ4n) is 1.66. The molecule has 0 saturated carbocycles. The number of nitrogens with zero attached hydrogens (tertiary/aromatic N) is 1. The van der Waals surface area contributed by atoms with Gasteiger partial charge < -0.3 is 15.0 Å². The van der Waals surface area contributed by atoms with E-state index >= 15 is 0 Å². The van der Waals surface area contributed by atoms with Crippen LogP contribution in [0.3, 0.4) is 0 Å². The van der Waals surface area contributed by atoms with Crippen molar-refractivity contribution < 1.29 is 17.7 Å². The number of halogens is 1. The largest absolute Gasteiger partial charge is 0.495 e. The third kappa shape index (κ3) is 3.55. The van der Waals surface area contributed by atoms with Crippen LogP contribution in [0.1, 0.15) is 11.5 Å². The van der Waals surface area contributed by atoms with Crippen molar-refractivity contribution in [3.63, 3.8) is 0 Å². The monoisotopic (exact) mass is 375 g/mol. The maximum absolute atomic E-state index is 12.3. The molecule has 0 fully saturated rings. The average molecular weight is 376 g/mol. The molecular formula is C12H14BrN3O4S. The lowest BCUT2D eigenvalue weighted by atomic mass is 10.3. The lowest BCUT2D eigenvalue weighted by molar-refractivity contribution is 0.376. The van der Waals surface area contributed by atoms with Gasteiger partial charge in [0.25, 0.3) is 0 Å². The standard InChI is InChI=1S/C12H14BrN3O4S/c1-7-3-8(20-16-7)6-15-21(17,18)12-5-10(14)9(13)4-11(12)19-2/h3-5,15H,6,14H2,1-2H3.